The number of hydrogen-bond donors (Lipinski definition) is 1. The lowest BCUT2D eigenvalue weighted by Crippen LogP contribution is -2.39. The first-order valence-electron chi connectivity index (χ1n) is 7.92. The Bertz CT molecular complexity index is 748. The average molecular weight is 352 g/mol. The van der Waals surface area contributed by atoms with E-state index in [2.05, 4.69) is 5.32 Å². The van der Waals surface area contributed by atoms with Crippen molar-refractivity contribution in [3.8, 4) is 0 Å². The molecule has 1 aromatic rings. The number of benzene rings is 1. The zero-order chi connectivity index (χ0) is 18.1. The molecule has 0 aromatic heterocycles. The Hall–Kier alpha value is -1.89. The van der Waals surface area contributed by atoms with Crippen LogP contribution < -0.4 is 5.32 Å². The van der Waals surface area contributed by atoms with Gasteiger partial charge in [-0.3, -0.25) is 9.59 Å². The van der Waals surface area contributed by atoms with Gasteiger partial charge in [0, 0.05) is 12.7 Å². The zero-order valence-corrected chi connectivity index (χ0v) is 15.4. The van der Waals surface area contributed by atoms with Crippen LogP contribution >= 0.6 is 0 Å². The molecule has 0 saturated carbocycles. The molecule has 1 aliphatic heterocycles. The summed E-state index contributed by atoms with van der Waals surface area (Å²) in [6, 6.07) is 3.97. The highest BCUT2D eigenvalue weighted by atomic mass is 32.2. The van der Waals surface area contributed by atoms with Gasteiger partial charge in [0.05, 0.1) is 24.0 Å². The third-order valence-corrected chi connectivity index (χ3v) is 6.05. The largest absolute Gasteiger partial charge is 0.336 e. The Morgan fingerprint density at radius 3 is 2.29 bits per heavy atom. The van der Waals surface area contributed by atoms with Crippen LogP contribution in [0.2, 0.25) is 0 Å². The van der Waals surface area contributed by atoms with Crippen LogP contribution in [0.15, 0.2) is 12.1 Å². The molecule has 1 atom stereocenters. The molecule has 0 aliphatic carbocycles. The summed E-state index contributed by atoms with van der Waals surface area (Å²) in [7, 11) is -1.58. The van der Waals surface area contributed by atoms with E-state index in [9.17, 15) is 18.0 Å². The molecule has 1 aromatic carbocycles. The summed E-state index contributed by atoms with van der Waals surface area (Å²) in [6.45, 7) is 5.75. The molecular weight excluding hydrogens is 328 g/mol. The summed E-state index contributed by atoms with van der Waals surface area (Å²) < 4.78 is 23.0. The Labute approximate surface area is 143 Å². The fourth-order valence-corrected chi connectivity index (χ4v) is 4.88. The number of carbonyl (C=O) groups is 2. The highest BCUT2D eigenvalue weighted by molar-refractivity contribution is 7.91. The molecule has 0 bridgehead atoms. The van der Waals surface area contributed by atoms with Crippen LogP contribution in [0, 0.1) is 26.7 Å². The van der Waals surface area contributed by atoms with Crippen molar-refractivity contribution in [3.63, 3.8) is 0 Å². The van der Waals surface area contributed by atoms with Crippen molar-refractivity contribution >= 4 is 27.3 Å². The number of hydrogen-bond acceptors (Lipinski definition) is 4. The van der Waals surface area contributed by atoms with Gasteiger partial charge in [-0.2, -0.15) is 0 Å². The Kier molecular flexibility index (Phi) is 5.32. The molecule has 1 aliphatic rings. The van der Waals surface area contributed by atoms with Crippen LogP contribution in [0.5, 0.6) is 0 Å². The van der Waals surface area contributed by atoms with E-state index in [1.807, 2.05) is 32.9 Å². The molecule has 2 amide bonds. The van der Waals surface area contributed by atoms with Gasteiger partial charge in [0.2, 0.25) is 11.8 Å². The number of sulfone groups is 1. The molecule has 1 fully saturated rings. The minimum atomic E-state index is -3.11. The molecule has 0 radical (unpaired) electrons. The Balaban J connectivity index is 1.98. The maximum Gasteiger partial charge on any atom is 0.243 e. The molecule has 0 spiro atoms. The third kappa shape index (κ3) is 4.35. The number of aryl methyl sites for hydroxylation is 3. The second kappa shape index (κ2) is 6.93. The third-order valence-electron chi connectivity index (χ3n) is 4.28. The van der Waals surface area contributed by atoms with Crippen molar-refractivity contribution < 1.29 is 18.0 Å². The van der Waals surface area contributed by atoms with Gasteiger partial charge in [-0.25, -0.2) is 8.42 Å². The first-order chi connectivity index (χ1) is 11.1. The molecule has 6 nitrogen and oxygen atoms in total. The highest BCUT2D eigenvalue weighted by Crippen LogP contribution is 2.22. The minimum absolute atomic E-state index is 0.0468. The molecule has 0 unspecified atom stereocenters. The van der Waals surface area contributed by atoms with Crippen molar-refractivity contribution in [2.75, 3.05) is 30.4 Å². The number of nitrogens with zero attached hydrogens (tertiary/aromatic N) is 1. The Morgan fingerprint density at radius 1 is 1.21 bits per heavy atom. The summed E-state index contributed by atoms with van der Waals surface area (Å²) in [4.78, 5) is 25.8. The molecule has 132 valence electrons. The van der Waals surface area contributed by atoms with Crippen LogP contribution in [0.25, 0.3) is 0 Å². The standard InChI is InChI=1S/C17H24N2O4S/c1-11-7-12(2)16(13(3)8-11)18-15(20)9-19(4)17(21)14-5-6-24(22,23)10-14/h7-8,14H,5-6,9-10H2,1-4H3,(H,18,20)/t14-/m1/s1. The van der Waals surface area contributed by atoms with Crippen LogP contribution in [-0.2, 0) is 19.4 Å². The maximum absolute atomic E-state index is 12.3. The first-order valence-corrected chi connectivity index (χ1v) is 9.74. The van der Waals surface area contributed by atoms with Crippen LogP contribution in [-0.4, -0.2) is 50.2 Å². The SMILES string of the molecule is Cc1cc(C)c(NC(=O)CN(C)C(=O)[C@@H]2CCS(=O)(=O)C2)c(C)c1. The van der Waals surface area contributed by atoms with E-state index in [1.165, 1.54) is 11.9 Å². The molecule has 1 N–H and O–H groups in total. The van der Waals surface area contributed by atoms with Crippen molar-refractivity contribution in [1.29, 1.82) is 0 Å². The van der Waals surface area contributed by atoms with E-state index in [4.69, 9.17) is 0 Å². The molecule has 24 heavy (non-hydrogen) atoms. The number of anilines is 1. The Morgan fingerprint density at radius 2 is 1.79 bits per heavy atom. The van der Waals surface area contributed by atoms with Gasteiger partial charge in [0.25, 0.3) is 0 Å². The van der Waals surface area contributed by atoms with Crippen LogP contribution in [0.1, 0.15) is 23.1 Å². The zero-order valence-electron chi connectivity index (χ0n) is 14.5. The van der Waals surface area contributed by atoms with Crippen LogP contribution in [0.3, 0.4) is 0 Å². The lowest BCUT2D eigenvalue weighted by atomic mass is 10.1. The number of amides is 2. The maximum atomic E-state index is 12.3. The number of likely N-dealkylation sites (N-methyl/N-ethyl adjacent to an activating group) is 1. The van der Waals surface area contributed by atoms with E-state index >= 15 is 0 Å². The summed E-state index contributed by atoms with van der Waals surface area (Å²) >= 11 is 0. The van der Waals surface area contributed by atoms with Crippen molar-refractivity contribution in [2.24, 2.45) is 5.92 Å². The quantitative estimate of drug-likeness (QED) is 0.889. The first kappa shape index (κ1) is 18.4. The normalized spacial score (nSPS) is 19.1. The molecule has 7 heteroatoms. The lowest BCUT2D eigenvalue weighted by Gasteiger charge is -2.21. The van der Waals surface area contributed by atoms with Gasteiger partial charge in [0.1, 0.15) is 0 Å². The van der Waals surface area contributed by atoms with E-state index in [0.29, 0.717) is 6.42 Å². The molecule has 1 heterocycles. The second-order valence-corrected chi connectivity index (χ2v) is 8.84. The summed E-state index contributed by atoms with van der Waals surface area (Å²) in [6.07, 6.45) is 0.337. The minimum Gasteiger partial charge on any atom is -0.336 e. The van der Waals surface area contributed by atoms with Crippen molar-refractivity contribution in [2.45, 2.75) is 27.2 Å². The van der Waals surface area contributed by atoms with E-state index in [1.54, 1.807) is 0 Å². The predicted molar refractivity (Wildman–Crippen MR) is 93.7 cm³/mol. The summed E-state index contributed by atoms with van der Waals surface area (Å²) in [5.74, 6) is -1.18. The van der Waals surface area contributed by atoms with Crippen LogP contribution in [0.4, 0.5) is 5.69 Å². The average Bonchev–Trinajstić information content (AvgIpc) is 2.82. The van der Waals surface area contributed by atoms with Gasteiger partial charge >= 0.3 is 0 Å². The fraction of sp³-hybridized carbons (Fsp3) is 0.529. The monoisotopic (exact) mass is 352 g/mol. The van der Waals surface area contributed by atoms with Crippen molar-refractivity contribution in [3.05, 3.63) is 28.8 Å². The number of nitrogens with one attached hydrogen (secondary N) is 1. The summed E-state index contributed by atoms with van der Waals surface area (Å²) in [5, 5.41) is 2.85. The van der Waals surface area contributed by atoms with E-state index in [0.717, 1.165) is 22.4 Å². The van der Waals surface area contributed by atoms with Gasteiger partial charge in [-0.1, -0.05) is 17.7 Å². The number of carbonyl (C=O) groups excluding carboxylic acids is 2. The lowest BCUT2D eigenvalue weighted by molar-refractivity contribution is -0.136. The van der Waals surface area contributed by atoms with Gasteiger partial charge in [0.15, 0.2) is 9.84 Å². The fourth-order valence-electron chi connectivity index (χ4n) is 3.15. The van der Waals surface area contributed by atoms with Gasteiger partial charge in [-0.05, 0) is 38.3 Å². The second-order valence-electron chi connectivity index (χ2n) is 6.62. The smallest absolute Gasteiger partial charge is 0.243 e. The molecular formula is C17H24N2O4S. The summed E-state index contributed by atoms with van der Waals surface area (Å²) in [5.41, 5.74) is 3.82. The highest BCUT2D eigenvalue weighted by Gasteiger charge is 2.34. The van der Waals surface area contributed by atoms with Gasteiger partial charge < -0.3 is 10.2 Å². The predicted octanol–water partition coefficient (Wildman–Crippen LogP) is 1.44. The van der Waals surface area contributed by atoms with Crippen molar-refractivity contribution in [1.82, 2.24) is 4.90 Å². The number of rotatable bonds is 4. The van der Waals surface area contributed by atoms with E-state index < -0.39 is 15.8 Å². The molecule has 1 saturated heterocycles. The topological polar surface area (TPSA) is 83.6 Å². The molecule has 2 rings (SSSR count). The van der Waals surface area contributed by atoms with E-state index in [-0.39, 0.29) is 29.9 Å². The van der Waals surface area contributed by atoms with Gasteiger partial charge in [-0.15, -0.1) is 0 Å².